The molecule has 4 N–H and O–H groups in total. The topological polar surface area (TPSA) is 88.2 Å². The molecule has 0 radical (unpaired) electrons. The molecule has 0 spiro atoms. The Bertz CT molecular complexity index is 1070. The average Bonchev–Trinajstić information content (AvgIpc) is 3.10. The summed E-state index contributed by atoms with van der Waals surface area (Å²) in [5.41, 5.74) is 11.2. The first-order valence-electron chi connectivity index (χ1n) is 10.4. The van der Waals surface area contributed by atoms with E-state index in [0.717, 1.165) is 5.56 Å². The standard InChI is InChI=1S/C26H27N3O2/c1-26(2,29-15-17-11-13-18(14-12-17)24(27)28)25(30)31-16-23-21-9-5-3-7-19(21)20-8-4-6-10-22(20)23/h3-14,23,29H,15-16H2,1-2H3,(H3,27,28). The molecule has 1 aliphatic rings. The van der Waals surface area contributed by atoms with E-state index in [1.807, 2.05) is 50.2 Å². The van der Waals surface area contributed by atoms with Crippen LogP contribution in [0.3, 0.4) is 0 Å². The van der Waals surface area contributed by atoms with Crippen molar-refractivity contribution in [3.05, 3.63) is 95.1 Å². The molecule has 5 nitrogen and oxygen atoms in total. The average molecular weight is 414 g/mol. The molecule has 4 rings (SSSR count). The van der Waals surface area contributed by atoms with Gasteiger partial charge in [0.2, 0.25) is 0 Å². The Morgan fingerprint density at radius 3 is 2.06 bits per heavy atom. The summed E-state index contributed by atoms with van der Waals surface area (Å²) in [6.07, 6.45) is 0. The van der Waals surface area contributed by atoms with Crippen LogP contribution in [0.1, 0.15) is 42.0 Å². The van der Waals surface area contributed by atoms with E-state index in [1.54, 1.807) is 12.1 Å². The molecular formula is C26H27N3O2. The molecule has 0 heterocycles. The Morgan fingerprint density at radius 1 is 0.968 bits per heavy atom. The molecule has 3 aromatic carbocycles. The molecule has 0 unspecified atom stereocenters. The number of carbonyl (C=O) groups excluding carboxylic acids is 1. The fourth-order valence-corrected chi connectivity index (χ4v) is 3.98. The van der Waals surface area contributed by atoms with Crippen molar-refractivity contribution in [3.63, 3.8) is 0 Å². The zero-order valence-corrected chi connectivity index (χ0v) is 17.8. The predicted molar refractivity (Wildman–Crippen MR) is 123 cm³/mol. The third-order valence-corrected chi connectivity index (χ3v) is 5.85. The van der Waals surface area contributed by atoms with Gasteiger partial charge in [0.05, 0.1) is 0 Å². The Kier molecular flexibility index (Phi) is 5.61. The number of nitrogens with two attached hydrogens (primary N) is 1. The SMILES string of the molecule is CC(C)(NCc1ccc(C(=N)N)cc1)C(=O)OCC1c2ccccc2-c2ccccc21. The number of ether oxygens (including phenoxy) is 1. The maximum Gasteiger partial charge on any atom is 0.325 e. The molecule has 158 valence electrons. The van der Waals surface area contributed by atoms with Crippen LogP contribution < -0.4 is 11.1 Å². The molecule has 0 saturated heterocycles. The van der Waals surface area contributed by atoms with Gasteiger partial charge in [-0.25, -0.2) is 0 Å². The first kappa shape index (κ1) is 20.8. The third kappa shape index (κ3) is 4.23. The zero-order chi connectivity index (χ0) is 22.0. The van der Waals surface area contributed by atoms with Crippen LogP contribution in [-0.2, 0) is 16.1 Å². The second kappa shape index (κ2) is 8.36. The molecule has 0 aromatic heterocycles. The zero-order valence-electron chi connectivity index (χ0n) is 17.8. The van der Waals surface area contributed by atoms with Crippen LogP contribution in [-0.4, -0.2) is 24.0 Å². The lowest BCUT2D eigenvalue weighted by Gasteiger charge is -2.25. The molecule has 0 fully saturated rings. The van der Waals surface area contributed by atoms with Gasteiger partial charge in [-0.1, -0.05) is 72.8 Å². The number of hydrogen-bond donors (Lipinski definition) is 3. The van der Waals surface area contributed by atoms with Crippen LogP contribution in [0.5, 0.6) is 0 Å². The molecule has 1 aliphatic carbocycles. The molecule has 3 aromatic rings. The minimum atomic E-state index is -0.836. The van der Waals surface area contributed by atoms with Crippen molar-refractivity contribution in [2.75, 3.05) is 6.61 Å². The maximum atomic E-state index is 12.9. The van der Waals surface area contributed by atoms with E-state index in [1.165, 1.54) is 22.3 Å². The quantitative estimate of drug-likeness (QED) is 0.308. The first-order chi connectivity index (χ1) is 14.9. The number of hydrogen-bond acceptors (Lipinski definition) is 4. The van der Waals surface area contributed by atoms with Gasteiger partial charge in [0.25, 0.3) is 0 Å². The van der Waals surface area contributed by atoms with E-state index in [2.05, 4.69) is 29.6 Å². The van der Waals surface area contributed by atoms with Crippen LogP contribution in [0.25, 0.3) is 11.1 Å². The van der Waals surface area contributed by atoms with Gasteiger partial charge in [0.1, 0.15) is 18.0 Å². The lowest BCUT2D eigenvalue weighted by atomic mass is 9.98. The van der Waals surface area contributed by atoms with Gasteiger partial charge in [-0.05, 0) is 41.7 Å². The highest BCUT2D eigenvalue weighted by molar-refractivity contribution is 5.94. The summed E-state index contributed by atoms with van der Waals surface area (Å²) in [6.45, 7) is 4.48. The number of nitrogens with one attached hydrogen (secondary N) is 2. The van der Waals surface area contributed by atoms with E-state index in [4.69, 9.17) is 15.9 Å². The highest BCUT2D eigenvalue weighted by atomic mass is 16.5. The lowest BCUT2D eigenvalue weighted by molar-refractivity contribution is -0.150. The van der Waals surface area contributed by atoms with Gasteiger partial charge in [-0.2, -0.15) is 0 Å². The Labute approximate surface area is 182 Å². The predicted octanol–water partition coefficient (Wildman–Crippen LogP) is 4.19. The van der Waals surface area contributed by atoms with Gasteiger partial charge in [-0.15, -0.1) is 0 Å². The number of carbonyl (C=O) groups is 1. The van der Waals surface area contributed by atoms with Gasteiger partial charge < -0.3 is 10.5 Å². The smallest absolute Gasteiger partial charge is 0.325 e. The van der Waals surface area contributed by atoms with Crippen molar-refractivity contribution in [1.29, 1.82) is 5.41 Å². The summed E-state index contributed by atoms with van der Waals surface area (Å²) in [5, 5.41) is 10.8. The van der Waals surface area contributed by atoms with Crippen molar-refractivity contribution in [3.8, 4) is 11.1 Å². The van der Waals surface area contributed by atoms with E-state index in [9.17, 15) is 4.79 Å². The van der Waals surface area contributed by atoms with Gasteiger partial charge in [0, 0.05) is 18.0 Å². The van der Waals surface area contributed by atoms with E-state index < -0.39 is 5.54 Å². The monoisotopic (exact) mass is 413 g/mol. The minimum absolute atomic E-state index is 0.0403. The molecule has 0 bridgehead atoms. The van der Waals surface area contributed by atoms with Crippen molar-refractivity contribution in [2.24, 2.45) is 5.73 Å². The van der Waals surface area contributed by atoms with Gasteiger partial charge in [-0.3, -0.25) is 15.5 Å². The summed E-state index contributed by atoms with van der Waals surface area (Å²) in [7, 11) is 0. The van der Waals surface area contributed by atoms with Crippen molar-refractivity contribution in [1.82, 2.24) is 5.32 Å². The van der Waals surface area contributed by atoms with Crippen LogP contribution in [0, 0.1) is 5.41 Å². The molecule has 5 heteroatoms. The molecular weight excluding hydrogens is 386 g/mol. The maximum absolute atomic E-state index is 12.9. The molecule has 0 atom stereocenters. The fourth-order valence-electron chi connectivity index (χ4n) is 3.98. The summed E-state index contributed by atoms with van der Waals surface area (Å²) in [6, 6.07) is 24.0. The highest BCUT2D eigenvalue weighted by Crippen LogP contribution is 2.44. The first-order valence-corrected chi connectivity index (χ1v) is 10.4. The number of esters is 1. The fraction of sp³-hybridized carbons (Fsp3) is 0.231. The van der Waals surface area contributed by atoms with Crippen molar-refractivity contribution in [2.45, 2.75) is 31.8 Å². The minimum Gasteiger partial charge on any atom is -0.463 e. The van der Waals surface area contributed by atoms with Crippen LogP contribution >= 0.6 is 0 Å². The second-order valence-electron chi connectivity index (χ2n) is 8.41. The number of nitrogen functional groups attached to an aromatic ring is 1. The number of benzene rings is 3. The van der Waals surface area contributed by atoms with Gasteiger partial charge in [0.15, 0.2) is 0 Å². The molecule has 0 aliphatic heterocycles. The number of rotatable bonds is 7. The second-order valence-corrected chi connectivity index (χ2v) is 8.41. The number of amidine groups is 1. The number of fused-ring (bicyclic) bond motifs is 3. The largest absolute Gasteiger partial charge is 0.463 e. The third-order valence-electron chi connectivity index (χ3n) is 5.85. The highest BCUT2D eigenvalue weighted by Gasteiger charge is 2.33. The van der Waals surface area contributed by atoms with Crippen molar-refractivity contribution >= 4 is 11.8 Å². The van der Waals surface area contributed by atoms with Crippen LogP contribution in [0.4, 0.5) is 0 Å². The Balaban J connectivity index is 1.40. The molecule has 0 amide bonds. The summed E-state index contributed by atoms with van der Waals surface area (Å²) < 4.78 is 5.80. The Morgan fingerprint density at radius 2 is 1.52 bits per heavy atom. The van der Waals surface area contributed by atoms with Crippen LogP contribution in [0.2, 0.25) is 0 Å². The summed E-state index contributed by atoms with van der Waals surface area (Å²) in [4.78, 5) is 12.9. The molecule has 0 saturated carbocycles. The van der Waals surface area contributed by atoms with E-state index >= 15 is 0 Å². The van der Waals surface area contributed by atoms with Crippen molar-refractivity contribution < 1.29 is 9.53 Å². The summed E-state index contributed by atoms with van der Waals surface area (Å²) >= 11 is 0. The Hall–Kier alpha value is -3.44. The van der Waals surface area contributed by atoms with E-state index in [0.29, 0.717) is 18.7 Å². The summed E-state index contributed by atoms with van der Waals surface area (Å²) in [5.74, 6) is -0.195. The van der Waals surface area contributed by atoms with Gasteiger partial charge >= 0.3 is 5.97 Å². The van der Waals surface area contributed by atoms with E-state index in [-0.39, 0.29) is 17.7 Å². The van der Waals surface area contributed by atoms with Crippen LogP contribution in [0.15, 0.2) is 72.8 Å². The molecule has 31 heavy (non-hydrogen) atoms. The lowest BCUT2D eigenvalue weighted by Crippen LogP contribution is -2.47. The normalized spacial score (nSPS) is 12.8.